The highest BCUT2D eigenvalue weighted by Gasteiger charge is 2.49. The molecule has 24 heavy (non-hydrogen) atoms. The van der Waals surface area contributed by atoms with E-state index in [1.807, 2.05) is 41.3 Å². The molecule has 0 spiro atoms. The van der Waals surface area contributed by atoms with Crippen molar-refractivity contribution >= 4 is 33.5 Å². The van der Waals surface area contributed by atoms with Crippen LogP contribution in [0.4, 0.5) is 5.69 Å². The predicted octanol–water partition coefficient (Wildman–Crippen LogP) is 3.50. The molecule has 1 atom stereocenters. The minimum Gasteiger partial charge on any atom is -0.300 e. The van der Waals surface area contributed by atoms with Gasteiger partial charge in [0.2, 0.25) is 5.96 Å². The molecular weight excluding hydrogens is 368 g/mol. The third-order valence-corrected chi connectivity index (χ3v) is 5.11. The average molecular weight is 385 g/mol. The Morgan fingerprint density at radius 1 is 1.25 bits per heavy atom. The van der Waals surface area contributed by atoms with Gasteiger partial charge in [-0.25, -0.2) is 0 Å². The number of carbonyl (C=O) groups is 1. The third kappa shape index (κ3) is 2.51. The van der Waals surface area contributed by atoms with Gasteiger partial charge < -0.3 is 0 Å². The molecule has 1 aromatic heterocycles. The quantitative estimate of drug-likeness (QED) is 0.880. The first-order chi connectivity index (χ1) is 11.6. The van der Waals surface area contributed by atoms with E-state index in [9.17, 15) is 4.79 Å². The number of pyridine rings is 1. The fourth-order valence-corrected chi connectivity index (χ4v) is 3.53. The third-order valence-electron chi connectivity index (χ3n) is 4.62. The van der Waals surface area contributed by atoms with Crippen molar-refractivity contribution in [3.8, 4) is 11.3 Å². The van der Waals surface area contributed by atoms with Gasteiger partial charge in [-0.3, -0.25) is 25.0 Å². The van der Waals surface area contributed by atoms with Crippen LogP contribution in [0.3, 0.4) is 0 Å². The standard InChI is InChI=1S/C18H17BrN4O/c1-22-17(24)16(11-5-6-11)23(18(22)20)14-4-2-3-12(9-14)15-10-13(19)7-8-21-15/h2-4,7-11,16,20H,5-6H2,1H3/t16-/m1/s1. The van der Waals surface area contributed by atoms with Gasteiger partial charge >= 0.3 is 0 Å². The molecule has 2 heterocycles. The summed E-state index contributed by atoms with van der Waals surface area (Å²) in [5.41, 5.74) is 2.70. The molecule has 2 fully saturated rings. The number of hydrogen-bond donors (Lipinski definition) is 1. The monoisotopic (exact) mass is 384 g/mol. The largest absolute Gasteiger partial charge is 0.300 e. The van der Waals surface area contributed by atoms with Crippen LogP contribution in [0.2, 0.25) is 0 Å². The average Bonchev–Trinajstić information content (AvgIpc) is 3.39. The molecule has 6 heteroatoms. The van der Waals surface area contributed by atoms with Crippen LogP contribution in [0.15, 0.2) is 47.1 Å². The Morgan fingerprint density at radius 2 is 2.04 bits per heavy atom. The zero-order valence-corrected chi connectivity index (χ0v) is 14.8. The van der Waals surface area contributed by atoms with Crippen LogP contribution < -0.4 is 4.90 Å². The summed E-state index contributed by atoms with van der Waals surface area (Å²) < 4.78 is 0.970. The molecule has 2 aromatic rings. The summed E-state index contributed by atoms with van der Waals surface area (Å²) in [7, 11) is 1.68. The topological polar surface area (TPSA) is 60.3 Å². The molecule has 1 aliphatic heterocycles. The van der Waals surface area contributed by atoms with Gasteiger partial charge in [-0.15, -0.1) is 0 Å². The summed E-state index contributed by atoms with van der Waals surface area (Å²) in [6, 6.07) is 11.5. The Hall–Kier alpha value is -2.21. The van der Waals surface area contributed by atoms with Gasteiger partial charge in [0, 0.05) is 29.0 Å². The molecule has 1 N–H and O–H groups in total. The molecule has 1 aliphatic carbocycles. The van der Waals surface area contributed by atoms with Gasteiger partial charge in [0.15, 0.2) is 0 Å². The number of likely N-dealkylation sites (N-methyl/N-ethyl adjacent to an activating group) is 1. The van der Waals surface area contributed by atoms with E-state index in [1.54, 1.807) is 13.2 Å². The van der Waals surface area contributed by atoms with Gasteiger partial charge in [-0.05, 0) is 43.0 Å². The Labute approximate surface area is 148 Å². The van der Waals surface area contributed by atoms with E-state index < -0.39 is 0 Å². The van der Waals surface area contributed by atoms with E-state index in [1.165, 1.54) is 4.90 Å². The zero-order valence-electron chi connectivity index (χ0n) is 13.2. The SMILES string of the molecule is CN1C(=N)N(c2cccc(-c3cc(Br)ccn3)c2)[C@H](C2CC2)C1=O. The number of hydrogen-bond acceptors (Lipinski definition) is 3. The van der Waals surface area contributed by atoms with Crippen LogP contribution in [0.1, 0.15) is 12.8 Å². The number of rotatable bonds is 3. The van der Waals surface area contributed by atoms with Crippen LogP contribution >= 0.6 is 15.9 Å². The summed E-state index contributed by atoms with van der Waals surface area (Å²) in [6.07, 6.45) is 3.87. The van der Waals surface area contributed by atoms with Crippen molar-refractivity contribution in [2.45, 2.75) is 18.9 Å². The molecular formula is C18H17BrN4O. The maximum atomic E-state index is 12.5. The van der Waals surface area contributed by atoms with Crippen LogP contribution in [-0.2, 0) is 4.79 Å². The fraction of sp³-hybridized carbons (Fsp3) is 0.278. The summed E-state index contributed by atoms with van der Waals surface area (Å²) in [4.78, 5) is 20.2. The lowest BCUT2D eigenvalue weighted by molar-refractivity contribution is -0.126. The highest BCUT2D eigenvalue weighted by atomic mass is 79.9. The second kappa shape index (κ2) is 5.70. The van der Waals surface area contributed by atoms with Gasteiger partial charge in [-0.1, -0.05) is 28.1 Å². The van der Waals surface area contributed by atoms with Crippen molar-refractivity contribution in [1.82, 2.24) is 9.88 Å². The smallest absolute Gasteiger partial charge is 0.252 e. The van der Waals surface area contributed by atoms with Crippen molar-refractivity contribution in [3.63, 3.8) is 0 Å². The number of nitrogens with zero attached hydrogens (tertiary/aromatic N) is 3. The van der Waals surface area contributed by atoms with Crippen molar-refractivity contribution in [2.75, 3.05) is 11.9 Å². The van der Waals surface area contributed by atoms with E-state index in [-0.39, 0.29) is 17.9 Å². The van der Waals surface area contributed by atoms with Gasteiger partial charge in [0.1, 0.15) is 6.04 Å². The molecule has 0 radical (unpaired) electrons. The first-order valence-corrected chi connectivity index (χ1v) is 8.73. The number of halogens is 1. The lowest BCUT2D eigenvalue weighted by Crippen LogP contribution is -2.37. The number of benzene rings is 1. The van der Waals surface area contributed by atoms with Gasteiger partial charge in [0.25, 0.3) is 5.91 Å². The molecule has 1 amide bonds. The highest BCUT2D eigenvalue weighted by Crippen LogP contribution is 2.41. The zero-order chi connectivity index (χ0) is 16.8. The van der Waals surface area contributed by atoms with Crippen LogP contribution in [-0.4, -0.2) is 34.8 Å². The van der Waals surface area contributed by atoms with Crippen molar-refractivity contribution in [1.29, 1.82) is 5.41 Å². The minimum atomic E-state index is -0.242. The number of guanidine groups is 1. The van der Waals surface area contributed by atoms with E-state index in [0.717, 1.165) is 34.3 Å². The summed E-state index contributed by atoms with van der Waals surface area (Å²) in [5.74, 6) is 0.625. The molecule has 5 nitrogen and oxygen atoms in total. The molecule has 0 bridgehead atoms. The van der Waals surface area contributed by atoms with Crippen LogP contribution in [0.25, 0.3) is 11.3 Å². The molecule has 4 rings (SSSR count). The Balaban J connectivity index is 1.75. The van der Waals surface area contributed by atoms with Crippen molar-refractivity contribution < 1.29 is 4.79 Å². The first-order valence-electron chi connectivity index (χ1n) is 7.93. The summed E-state index contributed by atoms with van der Waals surface area (Å²) >= 11 is 3.47. The van der Waals surface area contributed by atoms with E-state index in [0.29, 0.717) is 5.92 Å². The lowest BCUT2D eigenvalue weighted by Gasteiger charge is -2.24. The number of carbonyl (C=O) groups excluding carboxylic acids is 1. The predicted molar refractivity (Wildman–Crippen MR) is 96.9 cm³/mol. The highest BCUT2D eigenvalue weighted by molar-refractivity contribution is 9.10. The number of nitrogens with one attached hydrogen (secondary N) is 1. The first kappa shape index (κ1) is 15.3. The normalized spacial score (nSPS) is 20.8. The maximum Gasteiger partial charge on any atom is 0.252 e. The van der Waals surface area contributed by atoms with Crippen LogP contribution in [0, 0.1) is 11.3 Å². The Bertz CT molecular complexity index is 833. The molecule has 122 valence electrons. The molecule has 2 aliphatic rings. The van der Waals surface area contributed by atoms with Gasteiger partial charge in [-0.2, -0.15) is 0 Å². The molecule has 0 unspecified atom stereocenters. The van der Waals surface area contributed by atoms with E-state index in [4.69, 9.17) is 5.41 Å². The van der Waals surface area contributed by atoms with Crippen molar-refractivity contribution in [2.24, 2.45) is 5.92 Å². The molecule has 1 saturated carbocycles. The van der Waals surface area contributed by atoms with E-state index >= 15 is 0 Å². The Kier molecular flexibility index (Phi) is 3.64. The van der Waals surface area contributed by atoms with E-state index in [2.05, 4.69) is 20.9 Å². The summed E-state index contributed by atoms with van der Waals surface area (Å²) in [5, 5.41) is 8.35. The Morgan fingerprint density at radius 3 is 2.75 bits per heavy atom. The second-order valence-electron chi connectivity index (χ2n) is 6.28. The molecule has 1 saturated heterocycles. The second-order valence-corrected chi connectivity index (χ2v) is 7.20. The maximum absolute atomic E-state index is 12.5. The number of aromatic nitrogens is 1. The minimum absolute atomic E-state index is 0.0217. The fourth-order valence-electron chi connectivity index (χ4n) is 3.19. The number of anilines is 1. The van der Waals surface area contributed by atoms with Gasteiger partial charge in [0.05, 0.1) is 5.69 Å². The lowest BCUT2D eigenvalue weighted by atomic mass is 10.1. The summed E-state index contributed by atoms with van der Waals surface area (Å²) in [6.45, 7) is 0. The van der Waals surface area contributed by atoms with Crippen LogP contribution in [0.5, 0.6) is 0 Å². The molecule has 1 aromatic carbocycles. The van der Waals surface area contributed by atoms with Crippen molar-refractivity contribution in [3.05, 3.63) is 47.1 Å². The number of amides is 1.